The van der Waals surface area contributed by atoms with Gasteiger partial charge in [0.05, 0.1) is 38.8 Å². The smallest absolute Gasteiger partial charge is 0.380 e. The molecule has 148 valence electrons. The van der Waals surface area contributed by atoms with Gasteiger partial charge < -0.3 is 14.4 Å². The highest BCUT2D eigenvalue weighted by atomic mass is 79.9. The molecule has 0 bridgehead atoms. The zero-order valence-corrected chi connectivity index (χ0v) is 18.0. The molecule has 2 fully saturated rings. The molecule has 0 aromatic carbocycles. The number of carbonyl (C=O) groups is 2. The van der Waals surface area contributed by atoms with Gasteiger partial charge in [-0.25, -0.2) is 4.79 Å². The zero-order chi connectivity index (χ0) is 19.8. The number of halogens is 1. The first-order valence-corrected chi connectivity index (χ1v) is 10.3. The third kappa shape index (κ3) is 4.04. The topological polar surface area (TPSA) is 68.7 Å². The number of rotatable bonds is 4. The molecule has 0 atom stereocenters. The Balaban J connectivity index is 1.94. The Morgan fingerprint density at radius 2 is 1.85 bits per heavy atom. The summed E-state index contributed by atoms with van der Waals surface area (Å²) in [7, 11) is 0. The Labute approximate surface area is 168 Å². The maximum atomic E-state index is 12.9. The number of aryl methyl sites for hydroxylation is 2. The molecule has 0 saturated carbocycles. The van der Waals surface area contributed by atoms with E-state index in [1.54, 1.807) is 20.8 Å². The van der Waals surface area contributed by atoms with Gasteiger partial charge in [-0.05, 0) is 69.3 Å². The summed E-state index contributed by atoms with van der Waals surface area (Å²) in [6.07, 6.45) is 3.71. The van der Waals surface area contributed by atoms with E-state index in [0.29, 0.717) is 11.3 Å². The predicted molar refractivity (Wildman–Crippen MR) is 106 cm³/mol. The summed E-state index contributed by atoms with van der Waals surface area (Å²) in [4.78, 5) is 31.8. The number of hydrogen-bond donors (Lipinski definition) is 0. The van der Waals surface area contributed by atoms with Crippen molar-refractivity contribution in [3.8, 4) is 0 Å². The minimum atomic E-state index is -0.834. The maximum absolute atomic E-state index is 12.9. The molecule has 2 aliphatic rings. The molecule has 1 spiro atoms. The van der Waals surface area contributed by atoms with Crippen LogP contribution >= 0.6 is 15.9 Å². The lowest BCUT2D eigenvalue weighted by Crippen LogP contribution is -2.45. The standard InChI is InChI=1S/C20H27BrN2O4/c1-12(2)27-19(25)18(24)15-13(3)22-14(4)16(21)17(15)23-9-7-20(8-10-23)6-5-11-26-20/h12H,5-11H2,1-4H3. The summed E-state index contributed by atoms with van der Waals surface area (Å²) in [5.41, 5.74) is 2.42. The number of Topliss-reactive ketones (excluding diaryl/α,β-unsaturated/α-hetero) is 1. The second kappa shape index (κ2) is 7.87. The SMILES string of the molecule is Cc1nc(C)c(C(=O)C(=O)OC(C)C)c(N2CCC3(CCCO3)CC2)c1Br. The second-order valence-electron chi connectivity index (χ2n) is 7.73. The largest absolute Gasteiger partial charge is 0.457 e. The summed E-state index contributed by atoms with van der Waals surface area (Å²) < 4.78 is 11.9. The van der Waals surface area contributed by atoms with E-state index >= 15 is 0 Å². The fraction of sp³-hybridized carbons (Fsp3) is 0.650. The van der Waals surface area contributed by atoms with Gasteiger partial charge >= 0.3 is 5.97 Å². The minimum Gasteiger partial charge on any atom is -0.457 e. The number of aromatic nitrogens is 1. The molecule has 3 heterocycles. The second-order valence-corrected chi connectivity index (χ2v) is 8.52. The number of hydrogen-bond acceptors (Lipinski definition) is 6. The number of ether oxygens (including phenoxy) is 2. The van der Waals surface area contributed by atoms with Gasteiger partial charge in [0.15, 0.2) is 0 Å². The van der Waals surface area contributed by atoms with E-state index in [2.05, 4.69) is 25.8 Å². The molecule has 6 nitrogen and oxygen atoms in total. The average molecular weight is 439 g/mol. The molecule has 0 unspecified atom stereocenters. The Morgan fingerprint density at radius 3 is 2.41 bits per heavy atom. The Hall–Kier alpha value is -1.47. The lowest BCUT2D eigenvalue weighted by molar-refractivity contribution is -0.141. The van der Waals surface area contributed by atoms with Crippen molar-refractivity contribution in [1.82, 2.24) is 4.98 Å². The van der Waals surface area contributed by atoms with Gasteiger partial charge in [0.1, 0.15) is 0 Å². The minimum absolute atomic E-state index is 0.0131. The fourth-order valence-electron chi connectivity index (χ4n) is 4.03. The Morgan fingerprint density at radius 1 is 1.19 bits per heavy atom. The number of pyridine rings is 1. The summed E-state index contributed by atoms with van der Waals surface area (Å²) in [5.74, 6) is -1.47. The Bertz CT molecular complexity index is 747. The van der Waals surface area contributed by atoms with Crippen LogP contribution in [0, 0.1) is 13.8 Å². The molecular weight excluding hydrogens is 412 g/mol. The summed E-state index contributed by atoms with van der Waals surface area (Å²) in [6, 6.07) is 0. The first-order chi connectivity index (χ1) is 12.7. The normalized spacial score (nSPS) is 19.0. The monoisotopic (exact) mass is 438 g/mol. The molecule has 1 aromatic rings. The van der Waals surface area contributed by atoms with Crippen molar-refractivity contribution < 1.29 is 19.1 Å². The average Bonchev–Trinajstić information content (AvgIpc) is 3.06. The van der Waals surface area contributed by atoms with Crippen molar-refractivity contribution in [3.63, 3.8) is 0 Å². The quantitative estimate of drug-likeness (QED) is 0.405. The number of anilines is 1. The number of carbonyl (C=O) groups excluding carboxylic acids is 2. The fourth-order valence-corrected chi connectivity index (χ4v) is 4.57. The lowest BCUT2D eigenvalue weighted by Gasteiger charge is -2.40. The third-order valence-corrected chi connectivity index (χ3v) is 6.34. The van der Waals surface area contributed by atoms with E-state index in [-0.39, 0.29) is 11.7 Å². The van der Waals surface area contributed by atoms with Gasteiger partial charge in [0.2, 0.25) is 0 Å². The highest BCUT2D eigenvalue weighted by Gasteiger charge is 2.40. The van der Waals surface area contributed by atoms with Crippen molar-refractivity contribution >= 4 is 33.4 Å². The molecule has 2 saturated heterocycles. The van der Waals surface area contributed by atoms with E-state index in [0.717, 1.165) is 61.2 Å². The highest BCUT2D eigenvalue weighted by Crippen LogP contribution is 2.41. The molecule has 0 aliphatic carbocycles. The van der Waals surface area contributed by atoms with Crippen molar-refractivity contribution in [1.29, 1.82) is 0 Å². The highest BCUT2D eigenvalue weighted by molar-refractivity contribution is 9.10. The Kier molecular flexibility index (Phi) is 5.91. The van der Waals surface area contributed by atoms with Gasteiger partial charge in [-0.2, -0.15) is 0 Å². The van der Waals surface area contributed by atoms with Crippen LogP contribution in [-0.4, -0.2) is 48.1 Å². The first kappa shape index (κ1) is 20.3. The number of piperidine rings is 1. The number of nitrogens with zero attached hydrogens (tertiary/aromatic N) is 2. The van der Waals surface area contributed by atoms with Crippen molar-refractivity contribution in [2.24, 2.45) is 0 Å². The zero-order valence-electron chi connectivity index (χ0n) is 16.4. The molecule has 3 rings (SSSR count). The number of ketones is 1. The molecule has 0 radical (unpaired) electrons. The molecule has 7 heteroatoms. The van der Waals surface area contributed by atoms with Crippen LogP contribution in [0.5, 0.6) is 0 Å². The van der Waals surface area contributed by atoms with Crippen molar-refractivity contribution in [3.05, 3.63) is 21.4 Å². The van der Waals surface area contributed by atoms with Crippen LogP contribution in [0.1, 0.15) is 61.3 Å². The van der Waals surface area contributed by atoms with Crippen LogP contribution in [0.25, 0.3) is 0 Å². The van der Waals surface area contributed by atoms with E-state index < -0.39 is 11.8 Å². The molecule has 27 heavy (non-hydrogen) atoms. The molecule has 0 N–H and O–H groups in total. The van der Waals surface area contributed by atoms with Gasteiger partial charge in [-0.3, -0.25) is 9.78 Å². The van der Waals surface area contributed by atoms with Crippen LogP contribution in [0.2, 0.25) is 0 Å². The van der Waals surface area contributed by atoms with Gasteiger partial charge in [-0.15, -0.1) is 0 Å². The van der Waals surface area contributed by atoms with Crippen LogP contribution < -0.4 is 4.90 Å². The van der Waals surface area contributed by atoms with Crippen LogP contribution in [0.15, 0.2) is 4.47 Å². The third-order valence-electron chi connectivity index (χ3n) is 5.39. The summed E-state index contributed by atoms with van der Waals surface area (Å²) in [6.45, 7) is 9.52. The first-order valence-electron chi connectivity index (χ1n) is 9.55. The van der Waals surface area contributed by atoms with Gasteiger partial charge in [0.25, 0.3) is 5.78 Å². The summed E-state index contributed by atoms with van der Waals surface area (Å²) in [5, 5.41) is 0. The number of esters is 1. The molecule has 1 aromatic heterocycles. The van der Waals surface area contributed by atoms with E-state index in [9.17, 15) is 9.59 Å². The van der Waals surface area contributed by atoms with Crippen molar-refractivity contribution in [2.75, 3.05) is 24.6 Å². The van der Waals surface area contributed by atoms with Crippen LogP contribution in [-0.2, 0) is 14.3 Å². The molecule has 2 aliphatic heterocycles. The molecular formula is C20H27BrN2O4. The van der Waals surface area contributed by atoms with E-state index in [1.807, 2.05) is 6.92 Å². The maximum Gasteiger partial charge on any atom is 0.380 e. The predicted octanol–water partition coefficient (Wildman–Crippen LogP) is 3.74. The van der Waals surface area contributed by atoms with E-state index in [4.69, 9.17) is 9.47 Å². The lowest BCUT2D eigenvalue weighted by atomic mass is 9.88. The van der Waals surface area contributed by atoms with Gasteiger partial charge in [-0.1, -0.05) is 0 Å². The molecule has 0 amide bonds. The van der Waals surface area contributed by atoms with Crippen LogP contribution in [0.3, 0.4) is 0 Å². The van der Waals surface area contributed by atoms with Gasteiger partial charge in [0, 0.05) is 19.7 Å². The van der Waals surface area contributed by atoms with Crippen LogP contribution in [0.4, 0.5) is 5.69 Å². The van der Waals surface area contributed by atoms with Crippen molar-refractivity contribution in [2.45, 2.75) is 65.1 Å². The van der Waals surface area contributed by atoms with E-state index in [1.165, 1.54) is 0 Å². The summed E-state index contributed by atoms with van der Waals surface area (Å²) >= 11 is 3.60.